The lowest BCUT2D eigenvalue weighted by Gasteiger charge is -2.34. The van der Waals surface area contributed by atoms with E-state index in [1.54, 1.807) is 13.3 Å². The third-order valence-electron chi connectivity index (χ3n) is 7.27. The number of aromatic amines is 1. The fourth-order valence-corrected chi connectivity index (χ4v) is 5.16. The number of pyridine rings is 1. The first kappa shape index (κ1) is 24.7. The molecular formula is C28H34N6O3. The molecular weight excluding hydrogens is 468 g/mol. The van der Waals surface area contributed by atoms with Crippen molar-refractivity contribution in [3.05, 3.63) is 65.6 Å². The highest BCUT2D eigenvalue weighted by Crippen LogP contribution is 2.36. The summed E-state index contributed by atoms with van der Waals surface area (Å²) in [6, 6.07) is 12.2. The number of aromatic nitrogens is 1. The minimum atomic E-state index is -0.161. The van der Waals surface area contributed by atoms with Crippen molar-refractivity contribution >= 4 is 39.4 Å². The van der Waals surface area contributed by atoms with Gasteiger partial charge in [-0.1, -0.05) is 6.58 Å². The molecule has 2 saturated heterocycles. The molecule has 0 saturated carbocycles. The SMILES string of the molecule is C=CC(=O)NC1CCN(c2cc(Nc3ccc(N4CCN(C)CC4)cc3OC)c3c(=O)[nH]ccc3c2)C1. The predicted octanol–water partition coefficient (Wildman–Crippen LogP) is 2.91. The standard InChI is InChI=1S/C28H34N6O3/c1-4-26(35)30-20-8-10-34(18-20)22-15-19-7-9-29-28(36)27(19)24(16-22)31-23-6-5-21(17-25(23)37-3)33-13-11-32(2)12-14-33/h4-7,9,15-17,20,31H,1,8,10-14,18H2,2-3H3,(H,29,36)(H,30,35). The van der Waals surface area contributed by atoms with E-state index in [9.17, 15) is 9.59 Å². The summed E-state index contributed by atoms with van der Waals surface area (Å²) in [4.78, 5) is 34.4. The topological polar surface area (TPSA) is 92.9 Å². The molecule has 3 aromatic rings. The summed E-state index contributed by atoms with van der Waals surface area (Å²) in [6.45, 7) is 9.03. The van der Waals surface area contributed by atoms with E-state index in [0.717, 1.165) is 67.3 Å². The average Bonchev–Trinajstić information content (AvgIpc) is 3.37. The number of carbonyl (C=O) groups excluding carboxylic acids is 1. The van der Waals surface area contributed by atoms with Crippen LogP contribution in [0.4, 0.5) is 22.7 Å². The van der Waals surface area contributed by atoms with Crippen molar-refractivity contribution in [3.63, 3.8) is 0 Å². The molecule has 9 heteroatoms. The third kappa shape index (κ3) is 5.27. The molecule has 0 aliphatic carbocycles. The van der Waals surface area contributed by atoms with Crippen molar-refractivity contribution in [2.45, 2.75) is 12.5 Å². The number of likely N-dealkylation sites (N-methyl/N-ethyl adjacent to an activating group) is 1. The molecule has 3 N–H and O–H groups in total. The number of ether oxygens (including phenoxy) is 1. The van der Waals surface area contributed by atoms with E-state index in [0.29, 0.717) is 17.6 Å². The van der Waals surface area contributed by atoms with E-state index in [1.807, 2.05) is 24.3 Å². The molecule has 1 amide bonds. The van der Waals surface area contributed by atoms with Crippen LogP contribution < -0.4 is 30.7 Å². The first-order valence-electron chi connectivity index (χ1n) is 12.7. The predicted molar refractivity (Wildman–Crippen MR) is 150 cm³/mol. The Hall–Kier alpha value is -3.98. The quantitative estimate of drug-likeness (QED) is 0.428. The van der Waals surface area contributed by atoms with Gasteiger partial charge in [0.1, 0.15) is 5.75 Å². The lowest BCUT2D eigenvalue weighted by Crippen LogP contribution is -2.44. The molecule has 2 aromatic carbocycles. The molecule has 1 aromatic heterocycles. The normalized spacial score (nSPS) is 18.2. The van der Waals surface area contributed by atoms with Crippen LogP contribution in [0, 0.1) is 0 Å². The van der Waals surface area contributed by atoms with E-state index >= 15 is 0 Å². The minimum Gasteiger partial charge on any atom is -0.494 e. The second kappa shape index (κ2) is 10.6. The Morgan fingerprint density at radius 1 is 1.05 bits per heavy atom. The number of hydrogen-bond acceptors (Lipinski definition) is 7. The Bertz CT molecular complexity index is 1360. The number of methoxy groups -OCH3 is 1. The number of fused-ring (bicyclic) bond motifs is 1. The van der Waals surface area contributed by atoms with E-state index in [2.05, 4.69) is 56.1 Å². The summed E-state index contributed by atoms with van der Waals surface area (Å²) in [7, 11) is 3.81. The fourth-order valence-electron chi connectivity index (χ4n) is 5.16. The van der Waals surface area contributed by atoms with Crippen LogP contribution in [0.15, 0.2) is 60.0 Å². The summed E-state index contributed by atoms with van der Waals surface area (Å²) < 4.78 is 5.76. The largest absolute Gasteiger partial charge is 0.494 e. The molecule has 0 bridgehead atoms. The van der Waals surface area contributed by atoms with Crippen LogP contribution in [0.3, 0.4) is 0 Å². The van der Waals surface area contributed by atoms with Gasteiger partial charge in [-0.25, -0.2) is 0 Å². The smallest absolute Gasteiger partial charge is 0.257 e. The van der Waals surface area contributed by atoms with Gasteiger partial charge in [0.05, 0.1) is 23.9 Å². The van der Waals surface area contributed by atoms with Crippen LogP contribution in [-0.4, -0.2) is 75.3 Å². The lowest BCUT2D eigenvalue weighted by molar-refractivity contribution is -0.117. The van der Waals surface area contributed by atoms with Crippen LogP contribution >= 0.6 is 0 Å². The molecule has 5 rings (SSSR count). The maximum absolute atomic E-state index is 12.9. The van der Waals surface area contributed by atoms with Gasteiger partial charge in [-0.15, -0.1) is 0 Å². The maximum Gasteiger partial charge on any atom is 0.257 e. The summed E-state index contributed by atoms with van der Waals surface area (Å²) >= 11 is 0. The van der Waals surface area contributed by atoms with Gasteiger partial charge in [0.2, 0.25) is 5.91 Å². The van der Waals surface area contributed by atoms with Gasteiger partial charge in [0.15, 0.2) is 0 Å². The first-order chi connectivity index (χ1) is 17.9. The summed E-state index contributed by atoms with van der Waals surface area (Å²) in [5.41, 5.74) is 3.45. The molecule has 1 atom stereocenters. The van der Waals surface area contributed by atoms with Gasteiger partial charge in [-0.05, 0) is 55.3 Å². The highest BCUT2D eigenvalue weighted by atomic mass is 16.5. The van der Waals surface area contributed by atoms with Crippen LogP contribution in [0.2, 0.25) is 0 Å². The number of rotatable bonds is 7. The minimum absolute atomic E-state index is 0.0546. The van der Waals surface area contributed by atoms with E-state index in [4.69, 9.17) is 4.74 Å². The van der Waals surface area contributed by atoms with Crippen molar-refractivity contribution in [1.82, 2.24) is 15.2 Å². The van der Waals surface area contributed by atoms with Gasteiger partial charge >= 0.3 is 0 Å². The second-order valence-corrected chi connectivity index (χ2v) is 9.71. The fraction of sp³-hybridized carbons (Fsp3) is 0.357. The second-order valence-electron chi connectivity index (χ2n) is 9.71. The average molecular weight is 503 g/mol. The van der Waals surface area contributed by atoms with Gasteiger partial charge in [0, 0.05) is 68.9 Å². The number of anilines is 4. The summed E-state index contributed by atoms with van der Waals surface area (Å²) in [5, 5.41) is 7.90. The molecule has 3 heterocycles. The van der Waals surface area contributed by atoms with Gasteiger partial charge in [-0.2, -0.15) is 0 Å². The highest BCUT2D eigenvalue weighted by Gasteiger charge is 2.25. The molecule has 1 unspecified atom stereocenters. The van der Waals surface area contributed by atoms with Gasteiger partial charge < -0.3 is 35.1 Å². The molecule has 0 spiro atoms. The third-order valence-corrected chi connectivity index (χ3v) is 7.27. The van der Waals surface area contributed by atoms with Crippen molar-refractivity contribution < 1.29 is 9.53 Å². The number of hydrogen-bond donors (Lipinski definition) is 3. The van der Waals surface area contributed by atoms with E-state index in [-0.39, 0.29) is 17.5 Å². The van der Waals surface area contributed by atoms with Crippen LogP contribution in [0.5, 0.6) is 5.75 Å². The van der Waals surface area contributed by atoms with Crippen LogP contribution in [0.1, 0.15) is 6.42 Å². The van der Waals surface area contributed by atoms with E-state index < -0.39 is 0 Å². The summed E-state index contributed by atoms with van der Waals surface area (Å²) in [5.74, 6) is 0.557. The Morgan fingerprint density at radius 3 is 2.62 bits per heavy atom. The number of nitrogens with zero attached hydrogens (tertiary/aromatic N) is 3. The molecule has 2 aliphatic heterocycles. The maximum atomic E-state index is 12.9. The van der Waals surface area contributed by atoms with Gasteiger partial charge in [0.25, 0.3) is 5.56 Å². The van der Waals surface area contributed by atoms with Crippen LogP contribution in [-0.2, 0) is 4.79 Å². The number of amides is 1. The number of nitrogens with one attached hydrogen (secondary N) is 3. The zero-order valence-electron chi connectivity index (χ0n) is 21.4. The zero-order valence-corrected chi connectivity index (χ0v) is 21.4. The van der Waals surface area contributed by atoms with Crippen molar-refractivity contribution in [2.24, 2.45) is 0 Å². The van der Waals surface area contributed by atoms with E-state index in [1.165, 1.54) is 6.08 Å². The molecule has 37 heavy (non-hydrogen) atoms. The number of benzene rings is 2. The van der Waals surface area contributed by atoms with Crippen molar-refractivity contribution in [3.8, 4) is 5.75 Å². The van der Waals surface area contributed by atoms with Gasteiger partial charge in [-0.3, -0.25) is 9.59 Å². The summed E-state index contributed by atoms with van der Waals surface area (Å²) in [6.07, 6.45) is 3.81. The lowest BCUT2D eigenvalue weighted by atomic mass is 10.1. The molecule has 0 radical (unpaired) electrons. The Balaban J connectivity index is 1.45. The monoisotopic (exact) mass is 502 g/mol. The van der Waals surface area contributed by atoms with Crippen molar-refractivity contribution in [1.29, 1.82) is 0 Å². The number of piperazine rings is 1. The first-order valence-corrected chi connectivity index (χ1v) is 12.7. The highest BCUT2D eigenvalue weighted by molar-refractivity contribution is 5.98. The Labute approximate surface area is 216 Å². The molecule has 2 fully saturated rings. The molecule has 194 valence electrons. The number of H-pyrrole nitrogens is 1. The van der Waals surface area contributed by atoms with Crippen LogP contribution in [0.25, 0.3) is 10.8 Å². The Kier molecular flexibility index (Phi) is 7.05. The van der Waals surface area contributed by atoms with Crippen molar-refractivity contribution in [2.75, 3.05) is 68.5 Å². The zero-order chi connectivity index (χ0) is 25.9. The molecule has 2 aliphatic rings. The number of carbonyl (C=O) groups is 1. The Morgan fingerprint density at radius 2 is 1.86 bits per heavy atom. The molecule has 9 nitrogen and oxygen atoms in total.